The fraction of sp³-hybridized carbons (Fsp3) is 0. The van der Waals surface area contributed by atoms with Crippen molar-refractivity contribution >= 4 is 27.7 Å². The number of benzene rings is 3. The number of para-hydroxylation sites is 2. The van der Waals surface area contributed by atoms with Gasteiger partial charge in [0.25, 0.3) is 5.91 Å². The summed E-state index contributed by atoms with van der Waals surface area (Å²) in [6, 6.07) is 25.4. The zero-order chi connectivity index (χ0) is 14.9. The zero-order valence-electron chi connectivity index (χ0n) is 11.9. The third-order valence-corrected chi connectivity index (χ3v) is 3.83. The fourth-order valence-corrected chi connectivity index (χ4v) is 2.80. The van der Waals surface area contributed by atoms with Gasteiger partial charge in [0.2, 0.25) is 0 Å². The van der Waals surface area contributed by atoms with E-state index in [9.17, 15) is 4.79 Å². The lowest BCUT2D eigenvalue weighted by Crippen LogP contribution is -2.22. The first-order valence-corrected chi connectivity index (χ1v) is 7.19. The Balaban J connectivity index is 1.88. The molecule has 1 N–H and O–H groups in total. The van der Waals surface area contributed by atoms with Gasteiger partial charge in [0, 0.05) is 16.3 Å². The topological polar surface area (TPSA) is 34.0 Å². The van der Waals surface area contributed by atoms with Crippen LogP contribution in [0.2, 0.25) is 0 Å². The lowest BCUT2D eigenvalue weighted by Gasteiger charge is -2.09. The maximum Gasteiger partial charge on any atom is 0.270 e. The molecule has 1 aromatic heterocycles. The first-order chi connectivity index (χ1) is 10.8. The van der Waals surface area contributed by atoms with Gasteiger partial charge >= 0.3 is 0 Å². The van der Waals surface area contributed by atoms with Gasteiger partial charge in [0.1, 0.15) is 0 Å². The maximum atomic E-state index is 12.5. The third-order valence-electron chi connectivity index (χ3n) is 3.83. The lowest BCUT2D eigenvalue weighted by atomic mass is 10.2. The normalized spacial score (nSPS) is 10.9. The molecule has 0 atom stereocenters. The number of nitrogens with zero attached hydrogens (tertiary/aromatic N) is 1. The van der Waals surface area contributed by atoms with E-state index in [1.165, 1.54) is 0 Å². The van der Waals surface area contributed by atoms with Crippen LogP contribution < -0.4 is 5.43 Å². The molecule has 0 bridgehead atoms. The molecular weight excluding hydrogens is 272 g/mol. The highest BCUT2D eigenvalue weighted by atomic mass is 16.2. The van der Waals surface area contributed by atoms with Crippen molar-refractivity contribution in [3.8, 4) is 0 Å². The number of nitrogens with one attached hydrogen (secondary N) is 1. The molecule has 1 heterocycles. The summed E-state index contributed by atoms with van der Waals surface area (Å²) in [4.78, 5) is 12.5. The van der Waals surface area contributed by atoms with Gasteiger partial charge < -0.3 is 0 Å². The number of rotatable bonds is 2. The summed E-state index contributed by atoms with van der Waals surface area (Å²) in [6.07, 6.45) is 0. The summed E-state index contributed by atoms with van der Waals surface area (Å²) in [5.74, 6) is -0.118. The molecule has 0 unspecified atom stereocenters. The van der Waals surface area contributed by atoms with Crippen molar-refractivity contribution in [2.45, 2.75) is 0 Å². The van der Waals surface area contributed by atoms with Gasteiger partial charge in [-0.2, -0.15) is 0 Å². The summed E-state index contributed by atoms with van der Waals surface area (Å²) in [7, 11) is 0. The third kappa shape index (κ3) is 1.95. The molecule has 22 heavy (non-hydrogen) atoms. The molecule has 106 valence electrons. The Kier molecular flexibility index (Phi) is 2.90. The molecule has 0 fully saturated rings. The summed E-state index contributed by atoms with van der Waals surface area (Å²) in [5.41, 5.74) is 5.63. The Morgan fingerprint density at radius 1 is 0.682 bits per heavy atom. The van der Waals surface area contributed by atoms with Gasteiger partial charge in [-0.15, -0.1) is 0 Å². The number of fused-ring (bicyclic) bond motifs is 3. The summed E-state index contributed by atoms with van der Waals surface area (Å²) < 4.78 is 1.86. The molecule has 4 rings (SSSR count). The van der Waals surface area contributed by atoms with E-state index in [0.29, 0.717) is 5.56 Å². The van der Waals surface area contributed by atoms with Crippen molar-refractivity contribution in [2.24, 2.45) is 0 Å². The average molecular weight is 286 g/mol. The van der Waals surface area contributed by atoms with Crippen LogP contribution in [-0.4, -0.2) is 10.6 Å². The van der Waals surface area contributed by atoms with Gasteiger partial charge in [-0.25, -0.2) is 0 Å². The van der Waals surface area contributed by atoms with E-state index < -0.39 is 0 Å². The van der Waals surface area contributed by atoms with E-state index in [0.717, 1.165) is 21.8 Å². The van der Waals surface area contributed by atoms with Gasteiger partial charge in [0.15, 0.2) is 0 Å². The zero-order valence-corrected chi connectivity index (χ0v) is 11.9. The highest BCUT2D eigenvalue weighted by Gasteiger charge is 2.12. The van der Waals surface area contributed by atoms with Crippen LogP contribution in [0.5, 0.6) is 0 Å². The number of hydrogen-bond donors (Lipinski definition) is 1. The van der Waals surface area contributed by atoms with E-state index in [1.807, 2.05) is 71.4 Å². The number of aromatic nitrogens is 1. The predicted octanol–water partition coefficient (Wildman–Crippen LogP) is 4.18. The summed E-state index contributed by atoms with van der Waals surface area (Å²) in [5, 5.41) is 2.26. The monoisotopic (exact) mass is 286 g/mol. The molecular formula is C19H14N2O. The molecule has 0 aliphatic rings. The van der Waals surface area contributed by atoms with Crippen molar-refractivity contribution in [2.75, 3.05) is 5.43 Å². The van der Waals surface area contributed by atoms with Crippen LogP contribution in [0.3, 0.4) is 0 Å². The Bertz CT molecular complexity index is 917. The summed E-state index contributed by atoms with van der Waals surface area (Å²) in [6.45, 7) is 0. The van der Waals surface area contributed by atoms with Gasteiger partial charge in [0.05, 0.1) is 11.0 Å². The van der Waals surface area contributed by atoms with Crippen molar-refractivity contribution < 1.29 is 4.79 Å². The fourth-order valence-electron chi connectivity index (χ4n) is 2.80. The lowest BCUT2D eigenvalue weighted by molar-refractivity contribution is 0.101. The average Bonchev–Trinajstić information content (AvgIpc) is 2.90. The molecule has 0 saturated heterocycles. The number of carbonyl (C=O) groups is 1. The van der Waals surface area contributed by atoms with Crippen molar-refractivity contribution in [3.05, 3.63) is 84.4 Å². The Hall–Kier alpha value is -3.07. The van der Waals surface area contributed by atoms with Crippen LogP contribution in [0.1, 0.15) is 10.4 Å². The van der Waals surface area contributed by atoms with Gasteiger partial charge in [-0.3, -0.25) is 14.9 Å². The van der Waals surface area contributed by atoms with Crippen LogP contribution in [0.4, 0.5) is 0 Å². The molecule has 3 aromatic carbocycles. The smallest absolute Gasteiger partial charge is 0.267 e. The minimum absolute atomic E-state index is 0.118. The number of hydrogen-bond acceptors (Lipinski definition) is 1. The van der Waals surface area contributed by atoms with Crippen LogP contribution in [0.25, 0.3) is 21.8 Å². The van der Waals surface area contributed by atoms with Crippen LogP contribution in [-0.2, 0) is 0 Å². The molecule has 1 amide bonds. The minimum Gasteiger partial charge on any atom is -0.267 e. The molecule has 3 nitrogen and oxygen atoms in total. The molecule has 0 spiro atoms. The predicted molar refractivity (Wildman–Crippen MR) is 89.6 cm³/mol. The van der Waals surface area contributed by atoms with E-state index >= 15 is 0 Å². The van der Waals surface area contributed by atoms with E-state index in [1.54, 1.807) is 0 Å². The molecule has 0 saturated carbocycles. The minimum atomic E-state index is -0.118. The van der Waals surface area contributed by atoms with E-state index in [4.69, 9.17) is 0 Å². The SMILES string of the molecule is O=C(Nn1c2ccccc2c2ccccc21)c1ccccc1. The van der Waals surface area contributed by atoms with Crippen LogP contribution in [0.15, 0.2) is 78.9 Å². The van der Waals surface area contributed by atoms with Gasteiger partial charge in [-0.05, 0) is 24.3 Å². The second-order valence-electron chi connectivity index (χ2n) is 5.18. The second kappa shape index (κ2) is 5.04. The quantitative estimate of drug-likeness (QED) is 0.589. The maximum absolute atomic E-state index is 12.5. The molecule has 3 heteroatoms. The van der Waals surface area contributed by atoms with Crippen molar-refractivity contribution in [1.82, 2.24) is 4.68 Å². The van der Waals surface area contributed by atoms with Crippen molar-refractivity contribution in [1.29, 1.82) is 0 Å². The number of carbonyl (C=O) groups excluding carboxylic acids is 1. The Morgan fingerprint density at radius 2 is 1.18 bits per heavy atom. The molecule has 0 aliphatic heterocycles. The molecule has 0 radical (unpaired) electrons. The van der Waals surface area contributed by atoms with E-state index in [2.05, 4.69) is 17.6 Å². The van der Waals surface area contributed by atoms with E-state index in [-0.39, 0.29) is 5.91 Å². The van der Waals surface area contributed by atoms with Crippen LogP contribution >= 0.6 is 0 Å². The van der Waals surface area contributed by atoms with Gasteiger partial charge in [-0.1, -0.05) is 54.6 Å². The van der Waals surface area contributed by atoms with Crippen LogP contribution in [0, 0.1) is 0 Å². The standard InChI is InChI=1S/C19H14N2O/c22-19(14-8-2-1-3-9-14)20-21-17-12-6-4-10-15(17)16-11-5-7-13-18(16)21/h1-13H,(H,20,22). The number of amides is 1. The Labute approximate surface area is 127 Å². The first-order valence-electron chi connectivity index (χ1n) is 7.19. The highest BCUT2D eigenvalue weighted by Crippen LogP contribution is 2.27. The highest BCUT2D eigenvalue weighted by molar-refractivity contribution is 6.10. The largest absolute Gasteiger partial charge is 0.270 e. The summed E-state index contributed by atoms with van der Waals surface area (Å²) >= 11 is 0. The molecule has 4 aromatic rings. The van der Waals surface area contributed by atoms with Crippen molar-refractivity contribution in [3.63, 3.8) is 0 Å². The molecule has 0 aliphatic carbocycles. The second-order valence-corrected chi connectivity index (χ2v) is 5.18. The Morgan fingerprint density at radius 3 is 1.77 bits per heavy atom. The first kappa shape index (κ1) is 12.7.